The van der Waals surface area contributed by atoms with Crippen molar-refractivity contribution in [3.05, 3.63) is 373 Å². The Morgan fingerprint density at radius 1 is 0.277 bits per heavy atom. The molecule has 112 heavy (non-hydrogen) atoms. The summed E-state index contributed by atoms with van der Waals surface area (Å²) in [6.45, 7) is 17.2. The van der Waals surface area contributed by atoms with E-state index in [9.17, 15) is 0 Å². The summed E-state index contributed by atoms with van der Waals surface area (Å²) in [6.07, 6.45) is 9.35. The summed E-state index contributed by atoms with van der Waals surface area (Å²) in [6, 6.07) is 129. The lowest BCUT2D eigenvalue weighted by molar-refractivity contribution is 0.375. The molecule has 2 heterocycles. The Morgan fingerprint density at radius 3 is 1.30 bits per heavy atom. The van der Waals surface area contributed by atoms with Gasteiger partial charge in [-0.25, -0.2) is 0 Å². The molecule has 546 valence electrons. The highest BCUT2D eigenvalue weighted by atomic mass is 15.2. The zero-order chi connectivity index (χ0) is 75.6. The SMILES string of the molecule is CC1(C)CC(C)(C)c2cc(-c3ccc(-n4c5ccccc5c5cc(N(c6ccc(-c7ccccc7)cc6)c6cc(CC7(C)CC(C)(C)c8cc(-c9cc(C%10CCCCC%10)cc(-n%10c%11ccccc%11c%11cc(N(c%12ccccc%12)c%12ccc(-c%13ccccc%13)cc%12)ccc%11%10)c9)ccc87)c7ccccc7c6)ccc54)cc3)ccc21. The Bertz CT molecular complexity index is 6470. The van der Waals surface area contributed by atoms with Gasteiger partial charge in [0.15, 0.2) is 0 Å². The minimum Gasteiger partial charge on any atom is -0.310 e. The summed E-state index contributed by atoms with van der Waals surface area (Å²) in [5, 5.41) is 7.47. The van der Waals surface area contributed by atoms with E-state index in [2.05, 4.69) is 407 Å². The van der Waals surface area contributed by atoms with Gasteiger partial charge in [0, 0.05) is 67.0 Å². The number of para-hydroxylation sites is 3. The van der Waals surface area contributed by atoms with Crippen LogP contribution in [0.2, 0.25) is 0 Å². The summed E-state index contributed by atoms with van der Waals surface area (Å²) >= 11 is 0. The van der Waals surface area contributed by atoms with Crippen molar-refractivity contribution < 1.29 is 0 Å². The fourth-order valence-electron chi connectivity index (χ4n) is 20.9. The van der Waals surface area contributed by atoms with E-state index in [1.165, 1.54) is 170 Å². The van der Waals surface area contributed by atoms with Crippen LogP contribution in [0.3, 0.4) is 0 Å². The van der Waals surface area contributed by atoms with Gasteiger partial charge in [-0.15, -0.1) is 0 Å². The van der Waals surface area contributed by atoms with Gasteiger partial charge in [0.2, 0.25) is 0 Å². The number of rotatable bonds is 15. The van der Waals surface area contributed by atoms with Crippen molar-refractivity contribution in [3.8, 4) is 55.9 Å². The van der Waals surface area contributed by atoms with Gasteiger partial charge in [0.05, 0.1) is 22.1 Å². The molecular formula is C108H94N4. The van der Waals surface area contributed by atoms with Gasteiger partial charge in [0.1, 0.15) is 0 Å². The molecule has 0 saturated heterocycles. The molecule has 0 radical (unpaired) electrons. The lowest BCUT2D eigenvalue weighted by Gasteiger charge is -2.31. The number of nitrogens with zero attached hydrogens (tertiary/aromatic N) is 4. The van der Waals surface area contributed by atoms with Crippen LogP contribution < -0.4 is 9.80 Å². The smallest absolute Gasteiger partial charge is 0.0542 e. The molecule has 1 saturated carbocycles. The average Bonchev–Trinajstić information content (AvgIpc) is 1.51. The molecule has 3 aliphatic rings. The third-order valence-electron chi connectivity index (χ3n) is 25.7. The van der Waals surface area contributed by atoms with Crippen LogP contribution in [0.15, 0.2) is 340 Å². The second kappa shape index (κ2) is 27.1. The first kappa shape index (κ1) is 69.0. The highest BCUT2D eigenvalue weighted by Gasteiger charge is 2.46. The molecule has 0 spiro atoms. The number of hydrogen-bond acceptors (Lipinski definition) is 2. The highest BCUT2D eigenvalue weighted by molar-refractivity contribution is 6.12. The number of benzene rings is 15. The zero-order valence-corrected chi connectivity index (χ0v) is 65.4. The molecule has 0 N–H and O–H groups in total. The first-order chi connectivity index (χ1) is 54.6. The summed E-state index contributed by atoms with van der Waals surface area (Å²) in [5.74, 6) is 0.505. The Morgan fingerprint density at radius 2 is 0.705 bits per heavy atom. The van der Waals surface area contributed by atoms with Gasteiger partial charge < -0.3 is 18.9 Å². The standard InChI is InChI=1S/C108H94N4/c1-105(2)70-106(3,4)99-65-78(46-56-97(99)105)77-44-52-87(53-45-77)111-101-38-24-22-36-93(101)95-68-89(55-58-103(95)111)110(86-50-42-76(43-51-86)73-28-14-9-15-29-73)90-61-80-32-20-21-35-92(80)83(64-90)69-108(7)71-107(5,6)100-66-79(47-57-98(100)108)82-60-81(74-30-16-10-17-31-74)62-91(63-82)112-102-39-25-23-37-94(102)96-67-88(54-59-104(96)112)109(84-33-18-11-19-34-84)85-48-40-75(41-49-85)72-26-12-8-13-27-72/h8-9,11-15,18-29,32-68,74H,10,16-17,30-31,69-71H2,1-7H3. The molecule has 1 unspecified atom stereocenters. The summed E-state index contributed by atoms with van der Waals surface area (Å²) in [7, 11) is 0. The van der Waals surface area contributed by atoms with Crippen molar-refractivity contribution in [2.24, 2.45) is 0 Å². The van der Waals surface area contributed by atoms with Gasteiger partial charge >= 0.3 is 0 Å². The normalized spacial score (nSPS) is 16.3. The van der Waals surface area contributed by atoms with Gasteiger partial charge in [0.25, 0.3) is 0 Å². The number of anilines is 6. The van der Waals surface area contributed by atoms with Gasteiger partial charge in [-0.1, -0.05) is 286 Å². The van der Waals surface area contributed by atoms with Crippen molar-refractivity contribution in [2.45, 2.75) is 127 Å². The average molecular weight is 1450 g/mol. The van der Waals surface area contributed by atoms with Gasteiger partial charge in [-0.3, -0.25) is 0 Å². The number of hydrogen-bond donors (Lipinski definition) is 0. The van der Waals surface area contributed by atoms with Crippen LogP contribution in [0.1, 0.15) is 133 Å². The summed E-state index contributed by atoms with van der Waals surface area (Å²) < 4.78 is 5.03. The van der Waals surface area contributed by atoms with E-state index in [0.29, 0.717) is 5.92 Å². The Balaban J connectivity index is 0.669. The quantitative estimate of drug-likeness (QED) is 0.102. The van der Waals surface area contributed by atoms with Crippen LogP contribution in [-0.4, -0.2) is 9.13 Å². The Kier molecular flexibility index (Phi) is 16.7. The summed E-state index contributed by atoms with van der Waals surface area (Å²) in [5.41, 5.74) is 32.5. The van der Waals surface area contributed by atoms with Gasteiger partial charge in [-0.2, -0.15) is 0 Å². The van der Waals surface area contributed by atoms with Crippen LogP contribution in [-0.2, 0) is 28.1 Å². The van der Waals surface area contributed by atoms with Crippen molar-refractivity contribution in [3.63, 3.8) is 0 Å². The first-order valence-electron chi connectivity index (χ1n) is 40.7. The lowest BCUT2D eigenvalue weighted by Crippen LogP contribution is -2.25. The second-order valence-electron chi connectivity index (χ2n) is 34.7. The minimum absolute atomic E-state index is 0.0976. The molecule has 0 amide bonds. The Hall–Kier alpha value is -12.2. The third kappa shape index (κ3) is 12.0. The van der Waals surface area contributed by atoms with Crippen molar-refractivity contribution >= 4 is 88.5 Å². The molecule has 20 rings (SSSR count). The molecule has 4 nitrogen and oxygen atoms in total. The molecule has 1 atom stereocenters. The molecule has 2 aromatic heterocycles. The van der Waals surface area contributed by atoms with E-state index in [1.807, 2.05) is 0 Å². The van der Waals surface area contributed by atoms with Gasteiger partial charge in [-0.05, 0) is 270 Å². The first-order valence-corrected chi connectivity index (χ1v) is 40.7. The van der Waals surface area contributed by atoms with E-state index in [4.69, 9.17) is 0 Å². The van der Waals surface area contributed by atoms with E-state index in [1.54, 1.807) is 0 Å². The predicted molar refractivity (Wildman–Crippen MR) is 475 cm³/mol. The largest absolute Gasteiger partial charge is 0.310 e. The maximum absolute atomic E-state index is 2.60. The Labute approximate surface area is 659 Å². The van der Waals surface area contributed by atoms with E-state index >= 15 is 0 Å². The number of fused-ring (bicyclic) bond motifs is 9. The van der Waals surface area contributed by atoms with Crippen molar-refractivity contribution in [2.75, 3.05) is 9.80 Å². The molecular weight excluding hydrogens is 1350 g/mol. The fraction of sp³-hybridized carbons (Fsp3) is 0.185. The van der Waals surface area contributed by atoms with Crippen molar-refractivity contribution in [1.29, 1.82) is 0 Å². The van der Waals surface area contributed by atoms with Crippen LogP contribution in [0, 0.1) is 0 Å². The fourth-order valence-corrected chi connectivity index (χ4v) is 20.9. The summed E-state index contributed by atoms with van der Waals surface area (Å²) in [4.78, 5) is 4.92. The van der Waals surface area contributed by atoms with E-state index in [0.717, 1.165) is 59.1 Å². The molecule has 17 aromatic rings. The molecule has 3 aliphatic carbocycles. The molecule has 0 bridgehead atoms. The molecule has 4 heteroatoms. The van der Waals surface area contributed by atoms with E-state index in [-0.39, 0.29) is 21.7 Å². The third-order valence-corrected chi connectivity index (χ3v) is 25.7. The predicted octanol–water partition coefficient (Wildman–Crippen LogP) is 29.8. The van der Waals surface area contributed by atoms with Crippen molar-refractivity contribution in [1.82, 2.24) is 9.13 Å². The zero-order valence-electron chi connectivity index (χ0n) is 65.4. The maximum Gasteiger partial charge on any atom is 0.0542 e. The minimum atomic E-state index is -0.173. The van der Waals surface area contributed by atoms with E-state index < -0.39 is 0 Å². The molecule has 15 aromatic carbocycles. The highest BCUT2D eigenvalue weighted by Crippen LogP contribution is 2.55. The topological polar surface area (TPSA) is 16.3 Å². The number of aromatic nitrogens is 2. The maximum atomic E-state index is 2.60. The lowest BCUT2D eigenvalue weighted by atomic mass is 9.75. The van der Waals surface area contributed by atoms with Crippen LogP contribution in [0.4, 0.5) is 34.1 Å². The molecule has 1 fully saturated rings. The van der Waals surface area contributed by atoms with Crippen LogP contribution in [0.25, 0.3) is 110 Å². The van der Waals surface area contributed by atoms with Crippen LogP contribution in [0.5, 0.6) is 0 Å². The monoisotopic (exact) mass is 1450 g/mol. The molecule has 0 aliphatic heterocycles. The van der Waals surface area contributed by atoms with Crippen LogP contribution >= 0.6 is 0 Å². The second-order valence-corrected chi connectivity index (χ2v) is 34.7.